The van der Waals surface area contributed by atoms with E-state index in [2.05, 4.69) is 30.5 Å². The predicted molar refractivity (Wildman–Crippen MR) is 77.7 cm³/mol. The Labute approximate surface area is 118 Å². The Morgan fingerprint density at radius 2 is 1.95 bits per heavy atom. The first-order valence-electron chi connectivity index (χ1n) is 6.82. The number of aromatic nitrogens is 3. The van der Waals surface area contributed by atoms with Crippen LogP contribution in [0.15, 0.2) is 0 Å². The van der Waals surface area contributed by atoms with Crippen LogP contribution in [0.25, 0.3) is 0 Å². The van der Waals surface area contributed by atoms with Crippen molar-refractivity contribution in [3.05, 3.63) is 0 Å². The van der Waals surface area contributed by atoms with Crippen molar-refractivity contribution in [3.8, 4) is 0 Å². The highest BCUT2D eigenvalue weighted by Crippen LogP contribution is 2.18. The number of nitrogens with two attached hydrogens (primary N) is 1. The van der Waals surface area contributed by atoms with E-state index in [1.807, 2.05) is 6.92 Å². The molecule has 4 N–H and O–H groups in total. The average Bonchev–Trinajstić information content (AvgIpc) is 2.91. The van der Waals surface area contributed by atoms with Gasteiger partial charge in [-0.25, -0.2) is 0 Å². The van der Waals surface area contributed by atoms with Crippen molar-refractivity contribution in [3.63, 3.8) is 0 Å². The summed E-state index contributed by atoms with van der Waals surface area (Å²) < 4.78 is 0. The lowest BCUT2D eigenvalue weighted by molar-refractivity contribution is -0.118. The van der Waals surface area contributed by atoms with E-state index in [-0.39, 0.29) is 18.4 Å². The minimum atomic E-state index is -0.354. The Kier molecular flexibility index (Phi) is 4.54. The first-order chi connectivity index (χ1) is 9.58. The molecule has 1 aliphatic heterocycles. The lowest BCUT2D eigenvalue weighted by atomic mass is 10.2. The number of nitrogens with zero attached hydrogens (tertiary/aromatic N) is 4. The monoisotopic (exact) mass is 279 g/mol. The van der Waals surface area contributed by atoms with E-state index < -0.39 is 0 Å². The number of primary amides is 1. The summed E-state index contributed by atoms with van der Waals surface area (Å²) in [6.45, 7) is 3.79. The van der Waals surface area contributed by atoms with E-state index in [0.717, 1.165) is 25.9 Å². The Hall–Kier alpha value is -2.12. The molecule has 1 aromatic heterocycles. The van der Waals surface area contributed by atoms with Gasteiger partial charge in [-0.1, -0.05) is 0 Å². The first-order valence-corrected chi connectivity index (χ1v) is 6.82. The zero-order valence-corrected chi connectivity index (χ0v) is 11.9. The van der Waals surface area contributed by atoms with E-state index in [4.69, 9.17) is 5.73 Å². The van der Waals surface area contributed by atoms with Gasteiger partial charge in [-0.15, -0.1) is 0 Å². The van der Waals surface area contributed by atoms with Crippen LogP contribution in [0.3, 0.4) is 0 Å². The largest absolute Gasteiger partial charge is 0.370 e. The summed E-state index contributed by atoms with van der Waals surface area (Å²) in [5, 5.41) is 6.01. The molecule has 1 unspecified atom stereocenters. The molecule has 110 valence electrons. The number of carbonyl (C=O) groups excluding carboxylic acids is 1. The Morgan fingerprint density at radius 1 is 1.30 bits per heavy atom. The molecular formula is C12H21N7O. The Balaban J connectivity index is 2.14. The van der Waals surface area contributed by atoms with Gasteiger partial charge in [0, 0.05) is 32.6 Å². The molecule has 1 aliphatic rings. The third kappa shape index (κ3) is 3.69. The molecule has 8 heteroatoms. The van der Waals surface area contributed by atoms with Gasteiger partial charge in [0.25, 0.3) is 0 Å². The maximum Gasteiger partial charge on any atom is 0.231 e. The molecule has 1 saturated heterocycles. The zero-order chi connectivity index (χ0) is 14.5. The van der Waals surface area contributed by atoms with E-state index in [1.165, 1.54) is 0 Å². The Morgan fingerprint density at radius 3 is 2.55 bits per heavy atom. The second kappa shape index (κ2) is 6.36. The number of hydrogen-bond acceptors (Lipinski definition) is 7. The minimum Gasteiger partial charge on any atom is -0.370 e. The summed E-state index contributed by atoms with van der Waals surface area (Å²) in [7, 11) is 1.76. The maximum absolute atomic E-state index is 10.9. The van der Waals surface area contributed by atoms with Gasteiger partial charge in [-0.05, 0) is 19.8 Å². The van der Waals surface area contributed by atoms with Crippen molar-refractivity contribution in [1.29, 1.82) is 0 Å². The van der Waals surface area contributed by atoms with E-state index in [0.29, 0.717) is 17.8 Å². The van der Waals surface area contributed by atoms with Crippen LogP contribution in [0.1, 0.15) is 26.2 Å². The van der Waals surface area contributed by atoms with Gasteiger partial charge in [0.2, 0.25) is 23.8 Å². The summed E-state index contributed by atoms with van der Waals surface area (Å²) in [6.07, 6.45) is 2.54. The van der Waals surface area contributed by atoms with Gasteiger partial charge in [-0.3, -0.25) is 4.79 Å². The summed E-state index contributed by atoms with van der Waals surface area (Å²) in [6, 6.07) is -0.119. The molecule has 0 aromatic carbocycles. The molecule has 2 rings (SSSR count). The van der Waals surface area contributed by atoms with Crippen LogP contribution in [0.5, 0.6) is 0 Å². The third-order valence-corrected chi connectivity index (χ3v) is 3.12. The maximum atomic E-state index is 10.9. The lowest BCUT2D eigenvalue weighted by Gasteiger charge is -2.18. The number of carbonyl (C=O) groups is 1. The topological polar surface area (TPSA) is 109 Å². The number of hydrogen-bond donors (Lipinski definition) is 3. The molecular weight excluding hydrogens is 258 g/mol. The fourth-order valence-electron chi connectivity index (χ4n) is 2.17. The molecule has 0 radical (unpaired) electrons. The second-order valence-electron chi connectivity index (χ2n) is 4.94. The SMILES string of the molecule is CNc1nc(NC(C)CC(N)=O)nc(N2CCCC2)n1. The highest BCUT2D eigenvalue weighted by molar-refractivity contribution is 5.74. The quantitative estimate of drug-likeness (QED) is 0.682. The Bertz CT molecular complexity index is 473. The molecule has 1 aromatic rings. The van der Waals surface area contributed by atoms with Crippen LogP contribution < -0.4 is 21.3 Å². The molecule has 1 amide bonds. The standard InChI is InChI=1S/C12H21N7O/c1-8(7-9(13)20)15-11-16-10(14-2)17-12(18-11)19-5-3-4-6-19/h8H,3-7H2,1-2H3,(H2,13,20)(H2,14,15,16,17,18). The van der Waals surface area contributed by atoms with Crippen molar-refractivity contribution in [2.24, 2.45) is 5.73 Å². The minimum absolute atomic E-state index is 0.119. The van der Waals surface area contributed by atoms with Crippen LogP contribution >= 0.6 is 0 Å². The van der Waals surface area contributed by atoms with Crippen LogP contribution in [0.4, 0.5) is 17.8 Å². The fraction of sp³-hybridized carbons (Fsp3) is 0.667. The molecule has 0 saturated carbocycles. The van der Waals surface area contributed by atoms with Gasteiger partial charge in [0.1, 0.15) is 0 Å². The molecule has 0 aliphatic carbocycles. The lowest BCUT2D eigenvalue weighted by Crippen LogP contribution is -2.26. The predicted octanol–water partition coefficient (Wildman–Crippen LogP) is 0.189. The van der Waals surface area contributed by atoms with Crippen LogP contribution in [0, 0.1) is 0 Å². The molecule has 0 spiro atoms. The number of amides is 1. The van der Waals surface area contributed by atoms with Crippen LogP contribution in [-0.2, 0) is 4.79 Å². The van der Waals surface area contributed by atoms with Crippen molar-refractivity contribution < 1.29 is 4.79 Å². The number of anilines is 3. The fourth-order valence-corrected chi connectivity index (χ4v) is 2.17. The van der Waals surface area contributed by atoms with E-state index >= 15 is 0 Å². The third-order valence-electron chi connectivity index (χ3n) is 3.12. The van der Waals surface area contributed by atoms with Gasteiger partial charge in [0.05, 0.1) is 0 Å². The summed E-state index contributed by atoms with van der Waals surface area (Å²) in [5.41, 5.74) is 5.18. The van der Waals surface area contributed by atoms with E-state index in [1.54, 1.807) is 7.05 Å². The first kappa shape index (κ1) is 14.3. The number of rotatable bonds is 6. The summed E-state index contributed by atoms with van der Waals surface area (Å²) >= 11 is 0. The normalized spacial score (nSPS) is 16.0. The van der Waals surface area contributed by atoms with E-state index in [9.17, 15) is 4.79 Å². The second-order valence-corrected chi connectivity index (χ2v) is 4.94. The van der Waals surface area contributed by atoms with Crippen LogP contribution in [-0.4, -0.2) is 47.0 Å². The summed E-state index contributed by atoms with van der Waals surface area (Å²) in [5.74, 6) is 1.28. The molecule has 0 bridgehead atoms. The number of nitrogens with one attached hydrogen (secondary N) is 2. The molecule has 2 heterocycles. The average molecular weight is 279 g/mol. The molecule has 20 heavy (non-hydrogen) atoms. The van der Waals surface area contributed by atoms with Crippen molar-refractivity contribution in [2.45, 2.75) is 32.2 Å². The van der Waals surface area contributed by atoms with Gasteiger partial charge >= 0.3 is 0 Å². The smallest absolute Gasteiger partial charge is 0.231 e. The molecule has 8 nitrogen and oxygen atoms in total. The van der Waals surface area contributed by atoms with Gasteiger partial charge < -0.3 is 21.3 Å². The highest BCUT2D eigenvalue weighted by atomic mass is 16.1. The summed E-state index contributed by atoms with van der Waals surface area (Å²) in [4.78, 5) is 26.1. The van der Waals surface area contributed by atoms with Crippen molar-refractivity contribution in [2.75, 3.05) is 35.7 Å². The van der Waals surface area contributed by atoms with Gasteiger partial charge in [-0.2, -0.15) is 15.0 Å². The van der Waals surface area contributed by atoms with Crippen molar-refractivity contribution >= 4 is 23.8 Å². The highest BCUT2D eigenvalue weighted by Gasteiger charge is 2.18. The van der Waals surface area contributed by atoms with Gasteiger partial charge in [0.15, 0.2) is 0 Å². The van der Waals surface area contributed by atoms with Crippen molar-refractivity contribution in [1.82, 2.24) is 15.0 Å². The zero-order valence-electron chi connectivity index (χ0n) is 11.9. The molecule has 1 fully saturated rings. The molecule has 1 atom stereocenters. The van der Waals surface area contributed by atoms with Crippen LogP contribution in [0.2, 0.25) is 0 Å².